The summed E-state index contributed by atoms with van der Waals surface area (Å²) in [6, 6.07) is 76.7. The zero-order valence-electron chi connectivity index (χ0n) is 30.6. The fraction of sp³-hybridized carbons (Fsp3) is 0. The molecule has 1 aromatic heterocycles. The van der Waals surface area contributed by atoms with Crippen molar-refractivity contribution in [3.63, 3.8) is 0 Å². The van der Waals surface area contributed by atoms with Crippen LogP contribution in [0.1, 0.15) is 0 Å². The Morgan fingerprint density at radius 3 is 1.66 bits per heavy atom. The summed E-state index contributed by atoms with van der Waals surface area (Å²) < 4.78 is 6.18. The van der Waals surface area contributed by atoms with Gasteiger partial charge in [0, 0.05) is 27.8 Å². The topological polar surface area (TPSA) is 16.4 Å². The molecule has 0 aliphatic rings. The van der Waals surface area contributed by atoms with Crippen LogP contribution in [-0.4, -0.2) is 0 Å². The number of furan rings is 1. The molecule has 0 spiro atoms. The van der Waals surface area contributed by atoms with Gasteiger partial charge < -0.3 is 9.32 Å². The van der Waals surface area contributed by atoms with Crippen LogP contribution in [0.15, 0.2) is 217 Å². The van der Waals surface area contributed by atoms with Crippen molar-refractivity contribution in [3.8, 4) is 33.4 Å². The van der Waals surface area contributed by atoms with Gasteiger partial charge >= 0.3 is 0 Å². The standard InChI is InChI=1S/C54H35NO/c1-3-19-45-36(12-1)14-11-24-46(45)37-26-29-42(30-27-37)55(43-17-9-15-38(32-43)39-28-31-54-52(34-39)50-23-7-8-25-53(50)56-54)44-18-10-16-40(33-44)51-35-41-13-2-4-20-47(41)48-21-5-6-22-49(48)51/h1-35H. The van der Waals surface area contributed by atoms with Crippen molar-refractivity contribution < 1.29 is 4.42 Å². The monoisotopic (exact) mass is 713 g/mol. The Kier molecular flexibility index (Phi) is 7.53. The summed E-state index contributed by atoms with van der Waals surface area (Å²) >= 11 is 0. The van der Waals surface area contributed by atoms with E-state index in [1.165, 1.54) is 54.6 Å². The number of anilines is 3. The van der Waals surface area contributed by atoms with Crippen LogP contribution in [0, 0.1) is 0 Å². The van der Waals surface area contributed by atoms with Crippen molar-refractivity contribution >= 4 is 71.3 Å². The highest BCUT2D eigenvalue weighted by Gasteiger charge is 2.17. The molecule has 11 aromatic rings. The van der Waals surface area contributed by atoms with E-state index in [4.69, 9.17) is 4.42 Å². The zero-order chi connectivity index (χ0) is 37.0. The Hall–Kier alpha value is -7.42. The van der Waals surface area contributed by atoms with Crippen LogP contribution >= 0.6 is 0 Å². The van der Waals surface area contributed by atoms with E-state index in [1.807, 2.05) is 12.1 Å². The molecule has 0 saturated carbocycles. The summed E-state index contributed by atoms with van der Waals surface area (Å²) in [5, 5.41) is 9.78. The third kappa shape index (κ3) is 5.42. The second-order valence-electron chi connectivity index (χ2n) is 14.5. The smallest absolute Gasteiger partial charge is 0.135 e. The summed E-state index contributed by atoms with van der Waals surface area (Å²) in [6.45, 7) is 0. The van der Waals surface area contributed by atoms with Crippen molar-refractivity contribution in [3.05, 3.63) is 212 Å². The molecule has 0 N–H and O–H groups in total. The number of rotatable bonds is 6. The summed E-state index contributed by atoms with van der Waals surface area (Å²) in [4.78, 5) is 2.38. The number of fused-ring (bicyclic) bond motifs is 7. The fourth-order valence-corrected chi connectivity index (χ4v) is 8.55. The minimum Gasteiger partial charge on any atom is -0.456 e. The maximum Gasteiger partial charge on any atom is 0.135 e. The van der Waals surface area contributed by atoms with E-state index in [1.54, 1.807) is 0 Å². The first-order valence-corrected chi connectivity index (χ1v) is 19.2. The lowest BCUT2D eigenvalue weighted by Crippen LogP contribution is -2.10. The highest BCUT2D eigenvalue weighted by atomic mass is 16.3. The lowest BCUT2D eigenvalue weighted by molar-refractivity contribution is 0.669. The summed E-state index contributed by atoms with van der Waals surface area (Å²) in [5.74, 6) is 0. The van der Waals surface area contributed by atoms with Crippen LogP contribution in [-0.2, 0) is 0 Å². The molecule has 0 atom stereocenters. The summed E-state index contributed by atoms with van der Waals surface area (Å²) in [6.07, 6.45) is 0. The number of para-hydroxylation sites is 1. The summed E-state index contributed by atoms with van der Waals surface area (Å²) in [5.41, 5.74) is 12.2. The number of hydrogen-bond donors (Lipinski definition) is 0. The average Bonchev–Trinajstić information content (AvgIpc) is 3.65. The van der Waals surface area contributed by atoms with Crippen molar-refractivity contribution in [2.24, 2.45) is 0 Å². The molecular weight excluding hydrogens is 679 g/mol. The van der Waals surface area contributed by atoms with Gasteiger partial charge in [-0.05, 0) is 126 Å². The van der Waals surface area contributed by atoms with Gasteiger partial charge in [0.1, 0.15) is 11.2 Å². The largest absolute Gasteiger partial charge is 0.456 e. The molecule has 1 heterocycles. The molecule has 0 aliphatic carbocycles. The van der Waals surface area contributed by atoms with Gasteiger partial charge in [0.05, 0.1) is 0 Å². The van der Waals surface area contributed by atoms with Crippen molar-refractivity contribution in [1.29, 1.82) is 0 Å². The minimum absolute atomic E-state index is 0.900. The van der Waals surface area contributed by atoms with E-state index < -0.39 is 0 Å². The van der Waals surface area contributed by atoms with Crippen molar-refractivity contribution in [2.75, 3.05) is 4.90 Å². The van der Waals surface area contributed by atoms with Gasteiger partial charge in [-0.2, -0.15) is 0 Å². The molecule has 0 bridgehead atoms. The highest BCUT2D eigenvalue weighted by molar-refractivity contribution is 6.14. The van der Waals surface area contributed by atoms with Crippen LogP contribution in [0.3, 0.4) is 0 Å². The lowest BCUT2D eigenvalue weighted by atomic mass is 9.93. The molecule has 2 nitrogen and oxygen atoms in total. The van der Waals surface area contributed by atoms with Crippen LogP contribution in [0.4, 0.5) is 17.1 Å². The Balaban J connectivity index is 1.07. The second-order valence-corrected chi connectivity index (χ2v) is 14.5. The first-order chi connectivity index (χ1) is 27.7. The normalized spacial score (nSPS) is 11.6. The molecular formula is C54H35NO. The fourth-order valence-electron chi connectivity index (χ4n) is 8.55. The molecule has 0 radical (unpaired) electrons. The molecule has 2 heteroatoms. The molecule has 0 fully saturated rings. The van der Waals surface area contributed by atoms with E-state index in [0.29, 0.717) is 0 Å². The predicted molar refractivity (Wildman–Crippen MR) is 237 cm³/mol. The third-order valence-corrected chi connectivity index (χ3v) is 11.2. The third-order valence-electron chi connectivity index (χ3n) is 11.2. The molecule has 10 aromatic carbocycles. The van der Waals surface area contributed by atoms with E-state index in [9.17, 15) is 0 Å². The quantitative estimate of drug-likeness (QED) is 0.160. The number of nitrogens with zero attached hydrogens (tertiary/aromatic N) is 1. The first-order valence-electron chi connectivity index (χ1n) is 19.2. The van der Waals surface area contributed by atoms with Crippen molar-refractivity contribution in [1.82, 2.24) is 0 Å². The molecule has 0 amide bonds. The maximum absolute atomic E-state index is 6.18. The van der Waals surface area contributed by atoms with Gasteiger partial charge in [0.25, 0.3) is 0 Å². The Morgan fingerprint density at radius 1 is 0.268 bits per heavy atom. The van der Waals surface area contributed by atoms with Crippen molar-refractivity contribution in [2.45, 2.75) is 0 Å². The maximum atomic E-state index is 6.18. The zero-order valence-corrected chi connectivity index (χ0v) is 30.6. The van der Waals surface area contributed by atoms with Gasteiger partial charge in [-0.25, -0.2) is 0 Å². The van der Waals surface area contributed by atoms with E-state index in [2.05, 4.69) is 205 Å². The van der Waals surface area contributed by atoms with Gasteiger partial charge in [0.15, 0.2) is 0 Å². The van der Waals surface area contributed by atoms with E-state index in [-0.39, 0.29) is 0 Å². The molecule has 56 heavy (non-hydrogen) atoms. The molecule has 0 unspecified atom stereocenters. The molecule has 0 aliphatic heterocycles. The van der Waals surface area contributed by atoms with E-state index >= 15 is 0 Å². The van der Waals surface area contributed by atoms with Crippen LogP contribution in [0.2, 0.25) is 0 Å². The van der Waals surface area contributed by atoms with E-state index in [0.717, 1.165) is 50.1 Å². The molecule has 262 valence electrons. The van der Waals surface area contributed by atoms with Gasteiger partial charge in [-0.15, -0.1) is 0 Å². The lowest BCUT2D eigenvalue weighted by Gasteiger charge is -2.27. The SMILES string of the molecule is c1cc(-c2ccc3oc4ccccc4c3c2)cc(N(c2ccc(-c3cccc4ccccc34)cc2)c2cccc(-c3cc4ccccc4c4ccccc34)c2)c1. The van der Waals surface area contributed by atoms with Crippen LogP contribution < -0.4 is 4.90 Å². The number of benzene rings is 10. The Labute approximate surface area is 325 Å². The second kappa shape index (κ2) is 13.2. The highest BCUT2D eigenvalue weighted by Crippen LogP contribution is 2.42. The summed E-state index contributed by atoms with van der Waals surface area (Å²) in [7, 11) is 0. The predicted octanol–water partition coefficient (Wildman–Crippen LogP) is 15.5. The van der Waals surface area contributed by atoms with Crippen LogP contribution in [0.5, 0.6) is 0 Å². The minimum atomic E-state index is 0.900. The first kappa shape index (κ1) is 32.0. The van der Waals surface area contributed by atoms with Gasteiger partial charge in [-0.1, -0.05) is 152 Å². The molecule has 11 rings (SSSR count). The average molecular weight is 714 g/mol. The van der Waals surface area contributed by atoms with Gasteiger partial charge in [-0.3, -0.25) is 0 Å². The Morgan fingerprint density at radius 2 is 0.839 bits per heavy atom. The Bertz CT molecular complexity index is 3260. The van der Waals surface area contributed by atoms with Gasteiger partial charge in [0.2, 0.25) is 0 Å². The number of hydrogen-bond acceptors (Lipinski definition) is 2. The molecule has 0 saturated heterocycles. The van der Waals surface area contributed by atoms with Crippen LogP contribution in [0.25, 0.3) is 87.6 Å².